The first-order valence-corrected chi connectivity index (χ1v) is 9.42. The molecule has 7 nitrogen and oxygen atoms in total. The van der Waals surface area contributed by atoms with Gasteiger partial charge in [0.25, 0.3) is 5.91 Å². The molecule has 0 aliphatic heterocycles. The molecule has 0 fully saturated rings. The Balaban J connectivity index is 1.45. The predicted octanol–water partition coefficient (Wildman–Crippen LogP) is 2.42. The molecular formula is C20H18N2O5S. The van der Waals surface area contributed by atoms with Crippen LogP contribution in [0.1, 0.15) is 5.56 Å². The number of hydrogen-bond donors (Lipinski definition) is 2. The molecule has 2 N–H and O–H groups in total. The van der Waals surface area contributed by atoms with Crippen molar-refractivity contribution < 1.29 is 18.7 Å². The summed E-state index contributed by atoms with van der Waals surface area (Å²) < 4.78 is 10.5. The third-order valence-electron chi connectivity index (χ3n) is 3.75. The maximum absolute atomic E-state index is 11.8. The first-order valence-electron chi connectivity index (χ1n) is 8.44. The van der Waals surface area contributed by atoms with Crippen LogP contribution in [0.4, 0.5) is 0 Å². The number of amides is 2. The summed E-state index contributed by atoms with van der Waals surface area (Å²) in [5, 5.41) is 0.791. The van der Waals surface area contributed by atoms with Crippen LogP contribution in [0.15, 0.2) is 68.7 Å². The molecule has 0 unspecified atom stereocenters. The van der Waals surface area contributed by atoms with E-state index in [1.165, 1.54) is 17.8 Å². The Kier molecular flexibility index (Phi) is 6.33. The van der Waals surface area contributed by atoms with Gasteiger partial charge in [0, 0.05) is 22.4 Å². The molecule has 144 valence electrons. The normalized spacial score (nSPS) is 10.5. The molecule has 0 aliphatic carbocycles. The van der Waals surface area contributed by atoms with Crippen LogP contribution < -0.4 is 21.2 Å². The Bertz CT molecular complexity index is 1050. The maximum Gasteiger partial charge on any atom is 0.336 e. The van der Waals surface area contributed by atoms with Crippen molar-refractivity contribution in [2.24, 2.45) is 0 Å². The monoisotopic (exact) mass is 398 g/mol. The van der Waals surface area contributed by atoms with Crippen molar-refractivity contribution in [3.63, 3.8) is 0 Å². The van der Waals surface area contributed by atoms with E-state index in [1.807, 2.05) is 37.3 Å². The highest BCUT2D eigenvalue weighted by Crippen LogP contribution is 2.22. The third kappa shape index (κ3) is 5.37. The predicted molar refractivity (Wildman–Crippen MR) is 106 cm³/mol. The highest BCUT2D eigenvalue weighted by molar-refractivity contribution is 8.00. The molecule has 28 heavy (non-hydrogen) atoms. The Morgan fingerprint density at radius 1 is 1.04 bits per heavy atom. The van der Waals surface area contributed by atoms with E-state index in [-0.39, 0.29) is 18.3 Å². The maximum atomic E-state index is 11.8. The number of rotatable bonds is 6. The van der Waals surface area contributed by atoms with Gasteiger partial charge in [-0.05, 0) is 36.8 Å². The number of fused-ring (bicyclic) bond motifs is 1. The second-order valence-corrected chi connectivity index (χ2v) is 6.94. The molecule has 0 saturated carbocycles. The molecule has 0 radical (unpaired) electrons. The van der Waals surface area contributed by atoms with Gasteiger partial charge >= 0.3 is 5.63 Å². The number of benzene rings is 2. The Morgan fingerprint density at radius 3 is 2.57 bits per heavy atom. The molecule has 2 amide bonds. The van der Waals surface area contributed by atoms with Gasteiger partial charge in [-0.2, -0.15) is 0 Å². The van der Waals surface area contributed by atoms with Crippen LogP contribution in [0.5, 0.6) is 5.75 Å². The molecule has 0 spiro atoms. The summed E-state index contributed by atoms with van der Waals surface area (Å²) in [5.41, 5.74) is 5.36. The SMILES string of the molecule is Cc1cc(=O)oc2cc(OCC(=O)NNC(=O)CSc3ccccc3)ccc12. The van der Waals surface area contributed by atoms with Crippen molar-refractivity contribution in [2.75, 3.05) is 12.4 Å². The molecule has 8 heteroatoms. The van der Waals surface area contributed by atoms with Gasteiger partial charge in [-0.15, -0.1) is 11.8 Å². The Morgan fingerprint density at radius 2 is 1.79 bits per heavy atom. The smallest absolute Gasteiger partial charge is 0.336 e. The highest BCUT2D eigenvalue weighted by Gasteiger charge is 2.08. The van der Waals surface area contributed by atoms with E-state index in [4.69, 9.17) is 9.15 Å². The zero-order valence-corrected chi connectivity index (χ0v) is 15.9. The molecule has 0 saturated heterocycles. The van der Waals surface area contributed by atoms with E-state index in [2.05, 4.69) is 10.9 Å². The van der Waals surface area contributed by atoms with Gasteiger partial charge in [-0.1, -0.05) is 18.2 Å². The molecule has 0 bridgehead atoms. The topological polar surface area (TPSA) is 97.6 Å². The molecular weight excluding hydrogens is 380 g/mol. The summed E-state index contributed by atoms with van der Waals surface area (Å²) >= 11 is 1.36. The first kappa shape index (κ1) is 19.5. The number of carbonyl (C=O) groups excluding carboxylic acids is 2. The number of carbonyl (C=O) groups is 2. The lowest BCUT2D eigenvalue weighted by Crippen LogP contribution is -2.44. The van der Waals surface area contributed by atoms with Gasteiger partial charge in [0.1, 0.15) is 11.3 Å². The van der Waals surface area contributed by atoms with Crippen LogP contribution in [-0.4, -0.2) is 24.2 Å². The van der Waals surface area contributed by atoms with Gasteiger partial charge in [0.15, 0.2) is 6.61 Å². The number of hydrazine groups is 1. The summed E-state index contributed by atoms with van der Waals surface area (Å²) in [6, 6.07) is 15.9. The molecule has 3 rings (SSSR count). The number of nitrogens with one attached hydrogen (secondary N) is 2. The molecule has 2 aromatic carbocycles. The second-order valence-electron chi connectivity index (χ2n) is 5.89. The minimum absolute atomic E-state index is 0.175. The molecule has 3 aromatic rings. The van der Waals surface area contributed by atoms with Crippen LogP contribution in [0.25, 0.3) is 11.0 Å². The highest BCUT2D eigenvalue weighted by atomic mass is 32.2. The quantitative estimate of drug-likeness (QED) is 0.376. The van der Waals surface area contributed by atoms with E-state index in [1.54, 1.807) is 18.2 Å². The van der Waals surface area contributed by atoms with Gasteiger partial charge in [0.2, 0.25) is 5.91 Å². The molecule has 1 aromatic heterocycles. The molecule has 0 atom stereocenters. The molecule has 1 heterocycles. The van der Waals surface area contributed by atoms with Crippen LogP contribution in [0, 0.1) is 6.92 Å². The number of hydrogen-bond acceptors (Lipinski definition) is 6. The van der Waals surface area contributed by atoms with E-state index < -0.39 is 11.5 Å². The Labute approximate surface area is 165 Å². The lowest BCUT2D eigenvalue weighted by molar-refractivity contribution is -0.128. The average molecular weight is 398 g/mol. The standard InChI is InChI=1S/C20H18N2O5S/c1-13-9-20(25)27-17-10-14(7-8-16(13)17)26-11-18(23)21-22-19(24)12-28-15-5-3-2-4-6-15/h2-10H,11-12H2,1H3,(H,21,23)(H,22,24). The van der Waals surface area contributed by atoms with Crippen molar-refractivity contribution in [1.82, 2.24) is 10.9 Å². The van der Waals surface area contributed by atoms with E-state index in [9.17, 15) is 14.4 Å². The van der Waals surface area contributed by atoms with Crippen molar-refractivity contribution in [2.45, 2.75) is 11.8 Å². The fourth-order valence-electron chi connectivity index (χ4n) is 2.42. The zero-order chi connectivity index (χ0) is 19.9. The van der Waals surface area contributed by atoms with Crippen molar-refractivity contribution >= 4 is 34.5 Å². The van der Waals surface area contributed by atoms with Gasteiger partial charge in [-0.25, -0.2) is 4.79 Å². The van der Waals surface area contributed by atoms with Crippen molar-refractivity contribution in [1.29, 1.82) is 0 Å². The summed E-state index contributed by atoms with van der Waals surface area (Å²) in [6.45, 7) is 1.51. The van der Waals surface area contributed by atoms with E-state index >= 15 is 0 Å². The summed E-state index contributed by atoms with van der Waals surface area (Å²) in [4.78, 5) is 36.0. The number of aryl methyl sites for hydroxylation is 1. The zero-order valence-electron chi connectivity index (χ0n) is 15.1. The average Bonchev–Trinajstić information content (AvgIpc) is 2.69. The van der Waals surface area contributed by atoms with Crippen molar-refractivity contribution in [3.05, 3.63) is 70.6 Å². The van der Waals surface area contributed by atoms with Crippen molar-refractivity contribution in [3.8, 4) is 5.75 Å². The number of ether oxygens (including phenoxy) is 1. The molecule has 0 aliphatic rings. The van der Waals surface area contributed by atoms with Gasteiger partial charge < -0.3 is 9.15 Å². The summed E-state index contributed by atoms with van der Waals surface area (Å²) in [6.07, 6.45) is 0. The van der Waals surface area contributed by atoms with E-state index in [0.717, 1.165) is 15.8 Å². The van der Waals surface area contributed by atoms with Gasteiger partial charge in [0.05, 0.1) is 5.75 Å². The largest absolute Gasteiger partial charge is 0.484 e. The summed E-state index contributed by atoms with van der Waals surface area (Å²) in [5.74, 6) is -0.287. The fraction of sp³-hybridized carbons (Fsp3) is 0.150. The van der Waals surface area contributed by atoms with Crippen LogP contribution >= 0.6 is 11.8 Å². The Hall–Kier alpha value is -3.26. The fourth-order valence-corrected chi connectivity index (χ4v) is 3.14. The minimum atomic E-state index is -0.510. The lowest BCUT2D eigenvalue weighted by Gasteiger charge is -2.09. The van der Waals surface area contributed by atoms with E-state index in [0.29, 0.717) is 11.3 Å². The third-order valence-corrected chi connectivity index (χ3v) is 4.76. The van der Waals surface area contributed by atoms with Gasteiger partial charge in [-0.3, -0.25) is 20.4 Å². The van der Waals surface area contributed by atoms with Crippen LogP contribution in [0.3, 0.4) is 0 Å². The second kappa shape index (κ2) is 9.09. The minimum Gasteiger partial charge on any atom is -0.484 e. The van der Waals surface area contributed by atoms with Crippen LogP contribution in [-0.2, 0) is 9.59 Å². The van der Waals surface area contributed by atoms with Crippen LogP contribution in [0.2, 0.25) is 0 Å². The summed E-state index contributed by atoms with van der Waals surface area (Å²) in [7, 11) is 0. The number of thioether (sulfide) groups is 1. The first-order chi connectivity index (χ1) is 13.5. The lowest BCUT2D eigenvalue weighted by atomic mass is 10.1.